The van der Waals surface area contributed by atoms with Crippen LogP contribution in [0.1, 0.15) is 43.7 Å². The molecule has 3 rings (SSSR count). The number of carbonyl (C=O) groups excluding carboxylic acids is 1. The van der Waals surface area contributed by atoms with Crippen LogP contribution < -0.4 is 0 Å². The van der Waals surface area contributed by atoms with Crippen molar-refractivity contribution < 1.29 is 4.79 Å². The largest absolute Gasteiger partial charge is 0.338 e. The van der Waals surface area contributed by atoms with Crippen molar-refractivity contribution in [2.75, 3.05) is 19.6 Å². The highest BCUT2D eigenvalue weighted by Crippen LogP contribution is 2.26. The number of piperidine rings is 1. The van der Waals surface area contributed by atoms with Gasteiger partial charge in [-0.1, -0.05) is 72.9 Å². The Morgan fingerprint density at radius 3 is 2.41 bits per heavy atom. The second-order valence-corrected chi connectivity index (χ2v) is 8.71. The molecular weight excluding hydrogens is 403 g/mol. The topological polar surface area (TPSA) is 23.6 Å². The number of hydrogen-bond acceptors (Lipinski definition) is 2. The summed E-state index contributed by atoms with van der Waals surface area (Å²) in [7, 11) is 0. The van der Waals surface area contributed by atoms with E-state index in [0.717, 1.165) is 57.4 Å². The fraction of sp³-hybridized carbons (Fsp3) is 0.458. The molecule has 0 atom stereocenters. The van der Waals surface area contributed by atoms with E-state index < -0.39 is 0 Å². The molecule has 1 saturated heterocycles. The summed E-state index contributed by atoms with van der Waals surface area (Å²) in [5.74, 6) is 0.442. The van der Waals surface area contributed by atoms with Gasteiger partial charge in [-0.3, -0.25) is 9.69 Å². The van der Waals surface area contributed by atoms with Crippen LogP contribution in [0.4, 0.5) is 0 Å². The van der Waals surface area contributed by atoms with Crippen molar-refractivity contribution in [3.63, 3.8) is 0 Å². The van der Waals surface area contributed by atoms with Crippen LogP contribution >= 0.6 is 23.2 Å². The summed E-state index contributed by atoms with van der Waals surface area (Å²) in [5.41, 5.74) is 2.37. The summed E-state index contributed by atoms with van der Waals surface area (Å²) in [6.45, 7) is 6.44. The molecule has 1 aliphatic rings. The third-order valence-corrected chi connectivity index (χ3v) is 6.38. The maximum absolute atomic E-state index is 13.2. The molecule has 0 radical (unpaired) electrons. The molecular formula is C24H30Cl2N2O. The van der Waals surface area contributed by atoms with Gasteiger partial charge < -0.3 is 4.90 Å². The fourth-order valence-electron chi connectivity index (χ4n) is 3.91. The van der Waals surface area contributed by atoms with Gasteiger partial charge in [-0.15, -0.1) is 0 Å². The molecule has 1 heterocycles. The Morgan fingerprint density at radius 2 is 1.76 bits per heavy atom. The molecule has 0 aliphatic carbocycles. The van der Waals surface area contributed by atoms with Crippen molar-refractivity contribution in [3.05, 3.63) is 69.7 Å². The average Bonchev–Trinajstić information content (AvgIpc) is 2.74. The van der Waals surface area contributed by atoms with Gasteiger partial charge in [0.15, 0.2) is 0 Å². The number of hydrogen-bond donors (Lipinski definition) is 0. The van der Waals surface area contributed by atoms with Gasteiger partial charge in [0.1, 0.15) is 0 Å². The smallest absolute Gasteiger partial charge is 0.226 e. The van der Waals surface area contributed by atoms with Crippen molar-refractivity contribution in [3.8, 4) is 0 Å². The zero-order chi connectivity index (χ0) is 20.6. The first-order chi connectivity index (χ1) is 14.1. The van der Waals surface area contributed by atoms with E-state index in [1.165, 1.54) is 5.56 Å². The van der Waals surface area contributed by atoms with Gasteiger partial charge >= 0.3 is 0 Å². The average molecular weight is 433 g/mol. The van der Waals surface area contributed by atoms with Crippen LogP contribution in [0.2, 0.25) is 10.0 Å². The lowest BCUT2D eigenvalue weighted by Crippen LogP contribution is -2.42. The molecule has 0 unspecified atom stereocenters. The molecule has 29 heavy (non-hydrogen) atoms. The number of nitrogens with zero attached hydrogens (tertiary/aromatic N) is 2. The highest BCUT2D eigenvalue weighted by atomic mass is 35.5. The second-order valence-electron chi connectivity index (χ2n) is 7.90. The van der Waals surface area contributed by atoms with Gasteiger partial charge in [-0.25, -0.2) is 0 Å². The molecule has 156 valence electrons. The number of rotatable bonds is 8. The number of carbonyl (C=O) groups is 1. The lowest BCUT2D eigenvalue weighted by atomic mass is 9.94. The summed E-state index contributed by atoms with van der Waals surface area (Å²) in [5, 5.41) is 1.19. The number of halogens is 2. The standard InChI is InChI=1S/C24H30Cl2N2O/c1-2-3-13-28(18-19-7-5-4-6-8-19)24(29)21-11-14-27(15-12-21)17-20-9-10-22(25)23(26)16-20/h4-10,16,21H,2-3,11-15,17-18H2,1H3. The minimum Gasteiger partial charge on any atom is -0.338 e. The molecule has 3 nitrogen and oxygen atoms in total. The summed E-state index contributed by atoms with van der Waals surface area (Å²) < 4.78 is 0. The Hall–Kier alpha value is -1.55. The molecule has 0 aromatic heterocycles. The van der Waals surface area contributed by atoms with Crippen LogP contribution in [0.25, 0.3) is 0 Å². The number of benzene rings is 2. The van der Waals surface area contributed by atoms with E-state index in [1.54, 1.807) is 0 Å². The van der Waals surface area contributed by atoms with Crippen molar-refractivity contribution in [1.29, 1.82) is 0 Å². The van der Waals surface area contributed by atoms with Crippen molar-refractivity contribution in [2.45, 2.75) is 45.7 Å². The molecule has 1 aliphatic heterocycles. The van der Waals surface area contributed by atoms with E-state index in [0.29, 0.717) is 22.5 Å². The third-order valence-electron chi connectivity index (χ3n) is 5.64. The predicted molar refractivity (Wildman–Crippen MR) is 121 cm³/mol. The van der Waals surface area contributed by atoms with Gasteiger partial charge in [0.05, 0.1) is 10.0 Å². The Bertz CT molecular complexity index is 789. The van der Waals surface area contributed by atoms with E-state index in [2.05, 4.69) is 28.9 Å². The quantitative estimate of drug-likeness (QED) is 0.507. The molecule has 0 spiro atoms. The zero-order valence-electron chi connectivity index (χ0n) is 17.1. The number of unbranched alkanes of at least 4 members (excludes halogenated alkanes) is 1. The van der Waals surface area contributed by atoms with Gasteiger partial charge in [0.25, 0.3) is 0 Å². The van der Waals surface area contributed by atoms with Crippen LogP contribution in [0.3, 0.4) is 0 Å². The Morgan fingerprint density at radius 1 is 1.03 bits per heavy atom. The van der Waals surface area contributed by atoms with Crippen LogP contribution in [0.15, 0.2) is 48.5 Å². The first-order valence-corrected chi connectivity index (χ1v) is 11.3. The molecule has 0 saturated carbocycles. The molecule has 1 amide bonds. The van der Waals surface area contributed by atoms with Gasteiger partial charge in [0.2, 0.25) is 5.91 Å². The Kier molecular flexibility index (Phi) is 8.40. The van der Waals surface area contributed by atoms with E-state index in [-0.39, 0.29) is 5.92 Å². The van der Waals surface area contributed by atoms with Crippen LogP contribution in [-0.2, 0) is 17.9 Å². The molecule has 2 aromatic rings. The fourth-order valence-corrected chi connectivity index (χ4v) is 4.23. The van der Waals surface area contributed by atoms with Gasteiger partial charge in [0, 0.05) is 25.6 Å². The van der Waals surface area contributed by atoms with E-state index >= 15 is 0 Å². The molecule has 0 bridgehead atoms. The second kappa shape index (κ2) is 11.0. The van der Waals surface area contributed by atoms with Crippen LogP contribution in [0, 0.1) is 5.92 Å². The molecule has 5 heteroatoms. The highest BCUT2D eigenvalue weighted by molar-refractivity contribution is 6.42. The van der Waals surface area contributed by atoms with E-state index in [4.69, 9.17) is 23.2 Å². The summed E-state index contributed by atoms with van der Waals surface area (Å²) in [6, 6.07) is 16.1. The summed E-state index contributed by atoms with van der Waals surface area (Å²) in [6.07, 6.45) is 3.98. The Balaban J connectivity index is 1.55. The number of likely N-dealkylation sites (tertiary alicyclic amines) is 1. The van der Waals surface area contributed by atoms with E-state index in [9.17, 15) is 4.79 Å². The SMILES string of the molecule is CCCCN(Cc1ccccc1)C(=O)C1CCN(Cc2ccc(Cl)c(Cl)c2)CC1. The number of amides is 1. The highest BCUT2D eigenvalue weighted by Gasteiger charge is 2.28. The maximum atomic E-state index is 13.2. The van der Waals surface area contributed by atoms with Crippen LogP contribution in [0.5, 0.6) is 0 Å². The summed E-state index contributed by atoms with van der Waals surface area (Å²) in [4.78, 5) is 17.7. The lowest BCUT2D eigenvalue weighted by Gasteiger charge is -2.34. The maximum Gasteiger partial charge on any atom is 0.226 e. The third kappa shape index (κ3) is 6.47. The van der Waals surface area contributed by atoms with Crippen molar-refractivity contribution >= 4 is 29.1 Å². The normalized spacial score (nSPS) is 15.4. The molecule has 0 N–H and O–H groups in total. The minimum atomic E-state index is 0.126. The first-order valence-electron chi connectivity index (χ1n) is 10.6. The van der Waals surface area contributed by atoms with Gasteiger partial charge in [-0.05, 0) is 55.6 Å². The van der Waals surface area contributed by atoms with Gasteiger partial charge in [-0.2, -0.15) is 0 Å². The van der Waals surface area contributed by atoms with Crippen molar-refractivity contribution in [2.24, 2.45) is 5.92 Å². The Labute approximate surface area is 184 Å². The van der Waals surface area contributed by atoms with E-state index in [1.807, 2.05) is 36.4 Å². The molecule has 1 fully saturated rings. The lowest BCUT2D eigenvalue weighted by molar-refractivity contribution is -0.137. The van der Waals surface area contributed by atoms with Crippen LogP contribution in [-0.4, -0.2) is 35.3 Å². The van der Waals surface area contributed by atoms with Crippen molar-refractivity contribution in [1.82, 2.24) is 9.80 Å². The summed E-state index contributed by atoms with van der Waals surface area (Å²) >= 11 is 12.2. The molecule has 2 aromatic carbocycles. The monoisotopic (exact) mass is 432 g/mol. The zero-order valence-corrected chi connectivity index (χ0v) is 18.6. The first kappa shape index (κ1) is 22.1. The predicted octanol–water partition coefficient (Wildman–Crippen LogP) is 6.03. The minimum absolute atomic E-state index is 0.126.